The molecule has 0 spiro atoms. The van der Waals surface area contributed by atoms with E-state index in [9.17, 15) is 14.4 Å². The fourth-order valence-corrected chi connectivity index (χ4v) is 3.51. The van der Waals surface area contributed by atoms with Crippen LogP contribution in [0.5, 0.6) is 0 Å². The van der Waals surface area contributed by atoms with E-state index in [1.807, 2.05) is 55.5 Å². The molecule has 0 aliphatic rings. The zero-order valence-corrected chi connectivity index (χ0v) is 17.7. The first-order chi connectivity index (χ1) is 15.5. The SMILES string of the molecule is C[C@@H](NC(=O)c1ccccc1CCC(=O)NNC(=O)CC#N)c1cccc2ccccc12. The summed E-state index contributed by atoms with van der Waals surface area (Å²) in [6.45, 7) is 1.94. The fourth-order valence-electron chi connectivity index (χ4n) is 3.51. The number of aryl methyl sites for hydroxylation is 1. The first kappa shape index (κ1) is 22.5. The average molecular weight is 428 g/mol. The molecule has 0 saturated heterocycles. The van der Waals surface area contributed by atoms with Gasteiger partial charge < -0.3 is 5.32 Å². The van der Waals surface area contributed by atoms with Gasteiger partial charge >= 0.3 is 0 Å². The molecule has 0 saturated carbocycles. The molecule has 0 aliphatic heterocycles. The Hall–Kier alpha value is -4.18. The molecule has 7 heteroatoms. The summed E-state index contributed by atoms with van der Waals surface area (Å²) in [5.41, 5.74) is 6.70. The first-order valence-electron chi connectivity index (χ1n) is 10.3. The Labute approximate surface area is 186 Å². The molecule has 0 fully saturated rings. The highest BCUT2D eigenvalue weighted by molar-refractivity contribution is 5.96. The predicted molar refractivity (Wildman–Crippen MR) is 121 cm³/mol. The molecule has 0 heterocycles. The largest absolute Gasteiger partial charge is 0.345 e. The highest BCUT2D eigenvalue weighted by Gasteiger charge is 2.16. The van der Waals surface area contributed by atoms with E-state index in [4.69, 9.17) is 5.26 Å². The monoisotopic (exact) mass is 428 g/mol. The molecule has 3 N–H and O–H groups in total. The van der Waals surface area contributed by atoms with E-state index in [0.29, 0.717) is 12.0 Å². The molecule has 0 radical (unpaired) electrons. The quantitative estimate of drug-likeness (QED) is 0.501. The molecule has 1 atom stereocenters. The van der Waals surface area contributed by atoms with Crippen LogP contribution >= 0.6 is 0 Å². The van der Waals surface area contributed by atoms with E-state index in [-0.39, 0.29) is 24.8 Å². The number of hydrazine groups is 1. The van der Waals surface area contributed by atoms with Crippen molar-refractivity contribution in [3.05, 3.63) is 83.4 Å². The summed E-state index contributed by atoms with van der Waals surface area (Å²) in [6.07, 6.45) is 0.0698. The van der Waals surface area contributed by atoms with E-state index in [1.54, 1.807) is 24.3 Å². The predicted octanol–water partition coefficient (Wildman–Crippen LogP) is 3.32. The van der Waals surface area contributed by atoms with Crippen LogP contribution < -0.4 is 16.2 Å². The van der Waals surface area contributed by atoms with Gasteiger partial charge in [-0.2, -0.15) is 5.26 Å². The van der Waals surface area contributed by atoms with Crippen molar-refractivity contribution in [2.75, 3.05) is 0 Å². The number of benzene rings is 3. The molecule has 3 rings (SSSR count). The van der Waals surface area contributed by atoms with Crippen LogP contribution in [-0.2, 0) is 16.0 Å². The highest BCUT2D eigenvalue weighted by Crippen LogP contribution is 2.24. The minimum Gasteiger partial charge on any atom is -0.345 e. The zero-order valence-electron chi connectivity index (χ0n) is 17.7. The van der Waals surface area contributed by atoms with Gasteiger partial charge in [0.2, 0.25) is 5.91 Å². The maximum atomic E-state index is 13.0. The molecule has 0 aliphatic carbocycles. The van der Waals surface area contributed by atoms with Crippen LogP contribution in [0, 0.1) is 11.3 Å². The van der Waals surface area contributed by atoms with Crippen molar-refractivity contribution in [1.82, 2.24) is 16.2 Å². The lowest BCUT2D eigenvalue weighted by molar-refractivity contribution is -0.128. The minimum atomic E-state index is -0.581. The summed E-state index contributed by atoms with van der Waals surface area (Å²) in [4.78, 5) is 36.3. The van der Waals surface area contributed by atoms with Crippen LogP contribution in [0.15, 0.2) is 66.7 Å². The third kappa shape index (κ3) is 5.70. The summed E-state index contributed by atoms with van der Waals surface area (Å²) >= 11 is 0. The van der Waals surface area contributed by atoms with Crippen molar-refractivity contribution >= 4 is 28.5 Å². The zero-order chi connectivity index (χ0) is 22.9. The molecule has 3 amide bonds. The van der Waals surface area contributed by atoms with Crippen LogP contribution in [0.3, 0.4) is 0 Å². The van der Waals surface area contributed by atoms with Gasteiger partial charge in [-0.05, 0) is 41.3 Å². The summed E-state index contributed by atoms with van der Waals surface area (Å²) < 4.78 is 0. The second kappa shape index (κ2) is 10.7. The van der Waals surface area contributed by atoms with Gasteiger partial charge in [0.1, 0.15) is 6.42 Å². The standard InChI is InChI=1S/C25H24N4O3/c1-17(20-12-6-9-18-7-2-4-10-21(18)20)27-25(32)22-11-5-3-8-19(22)13-14-23(30)28-29-24(31)15-16-26/h2-12,17H,13-15H2,1H3,(H,27,32)(H,28,30)(H,29,31)/t17-/m1/s1. The molecule has 0 aromatic heterocycles. The average Bonchev–Trinajstić information content (AvgIpc) is 2.81. The molecule has 32 heavy (non-hydrogen) atoms. The van der Waals surface area contributed by atoms with Gasteiger partial charge in [-0.1, -0.05) is 60.7 Å². The van der Waals surface area contributed by atoms with Gasteiger partial charge in [0, 0.05) is 12.0 Å². The van der Waals surface area contributed by atoms with Gasteiger partial charge in [0.15, 0.2) is 0 Å². The van der Waals surface area contributed by atoms with E-state index in [2.05, 4.69) is 16.2 Å². The number of carbonyl (C=O) groups excluding carboxylic acids is 3. The second-order valence-electron chi connectivity index (χ2n) is 7.35. The van der Waals surface area contributed by atoms with Crippen molar-refractivity contribution in [3.8, 4) is 6.07 Å². The molecular formula is C25H24N4O3. The molecule has 0 unspecified atom stereocenters. The molecule has 0 bridgehead atoms. The maximum Gasteiger partial charge on any atom is 0.252 e. The fraction of sp³-hybridized carbons (Fsp3) is 0.200. The number of nitrogens with one attached hydrogen (secondary N) is 3. The van der Waals surface area contributed by atoms with Gasteiger partial charge in [-0.3, -0.25) is 25.2 Å². The number of nitriles is 1. The summed E-state index contributed by atoms with van der Waals surface area (Å²) in [5.74, 6) is -1.21. The van der Waals surface area contributed by atoms with Crippen LogP contribution in [-0.4, -0.2) is 17.7 Å². The minimum absolute atomic E-state index is 0.0794. The van der Waals surface area contributed by atoms with Crippen molar-refractivity contribution < 1.29 is 14.4 Å². The smallest absolute Gasteiger partial charge is 0.252 e. The molecular weight excluding hydrogens is 404 g/mol. The normalized spacial score (nSPS) is 11.2. The molecule has 3 aromatic carbocycles. The van der Waals surface area contributed by atoms with E-state index >= 15 is 0 Å². The summed E-state index contributed by atoms with van der Waals surface area (Å²) in [5, 5.41) is 13.7. The first-order valence-corrected chi connectivity index (χ1v) is 10.3. The van der Waals surface area contributed by atoms with Gasteiger partial charge in [0.25, 0.3) is 11.8 Å². The third-order valence-electron chi connectivity index (χ3n) is 5.10. The summed E-state index contributed by atoms with van der Waals surface area (Å²) in [7, 11) is 0. The Bertz CT molecular complexity index is 1180. The number of nitrogens with zero attached hydrogens (tertiary/aromatic N) is 1. The summed E-state index contributed by atoms with van der Waals surface area (Å²) in [6, 6.07) is 22.7. The van der Waals surface area contributed by atoms with Crippen molar-refractivity contribution in [3.63, 3.8) is 0 Å². The number of hydrogen-bond acceptors (Lipinski definition) is 4. The Morgan fingerprint density at radius 3 is 2.41 bits per heavy atom. The van der Waals surface area contributed by atoms with E-state index in [1.165, 1.54) is 0 Å². The topological polar surface area (TPSA) is 111 Å². The number of hydrogen-bond donors (Lipinski definition) is 3. The lowest BCUT2D eigenvalue weighted by atomic mass is 9.98. The highest BCUT2D eigenvalue weighted by atomic mass is 16.2. The van der Waals surface area contributed by atoms with E-state index < -0.39 is 11.8 Å². The maximum absolute atomic E-state index is 13.0. The Morgan fingerprint density at radius 2 is 1.59 bits per heavy atom. The lowest BCUT2D eigenvalue weighted by Crippen LogP contribution is -2.41. The van der Waals surface area contributed by atoms with Crippen LogP contribution in [0.25, 0.3) is 10.8 Å². The van der Waals surface area contributed by atoms with Crippen molar-refractivity contribution in [2.45, 2.75) is 32.2 Å². The van der Waals surface area contributed by atoms with Crippen molar-refractivity contribution in [2.24, 2.45) is 0 Å². The number of fused-ring (bicyclic) bond motifs is 1. The van der Waals surface area contributed by atoms with E-state index in [0.717, 1.165) is 21.9 Å². The van der Waals surface area contributed by atoms with Crippen LogP contribution in [0.4, 0.5) is 0 Å². The van der Waals surface area contributed by atoms with Gasteiger partial charge in [0.05, 0.1) is 12.1 Å². The Morgan fingerprint density at radius 1 is 0.906 bits per heavy atom. The van der Waals surface area contributed by atoms with Gasteiger partial charge in [-0.25, -0.2) is 0 Å². The number of rotatable bonds is 7. The molecule has 3 aromatic rings. The lowest BCUT2D eigenvalue weighted by Gasteiger charge is -2.18. The van der Waals surface area contributed by atoms with Gasteiger partial charge in [-0.15, -0.1) is 0 Å². The van der Waals surface area contributed by atoms with Crippen LogP contribution in [0.2, 0.25) is 0 Å². The van der Waals surface area contributed by atoms with Crippen LogP contribution in [0.1, 0.15) is 47.3 Å². The van der Waals surface area contributed by atoms with Crippen molar-refractivity contribution in [1.29, 1.82) is 5.26 Å². The molecule has 7 nitrogen and oxygen atoms in total. The number of carbonyl (C=O) groups is 3. The Kier molecular flexibility index (Phi) is 7.55. The molecule has 162 valence electrons. The third-order valence-corrected chi connectivity index (χ3v) is 5.10. The Balaban J connectivity index is 1.65. The number of amides is 3. The second-order valence-corrected chi connectivity index (χ2v) is 7.35.